The second-order valence-electron chi connectivity index (χ2n) is 3.56. The molecule has 1 N–H and O–H groups in total. The molecular formula is C12H18FNO. The molecule has 1 atom stereocenters. The summed E-state index contributed by atoms with van der Waals surface area (Å²) < 4.78 is 18.5. The van der Waals surface area contributed by atoms with Crippen LogP contribution in [0.25, 0.3) is 0 Å². The summed E-state index contributed by atoms with van der Waals surface area (Å²) in [6.07, 6.45) is 0. The second-order valence-corrected chi connectivity index (χ2v) is 3.56. The lowest BCUT2D eigenvalue weighted by molar-refractivity contribution is 0.125. The molecule has 0 aliphatic rings. The molecular weight excluding hydrogens is 193 g/mol. The molecule has 1 aromatic carbocycles. The van der Waals surface area contributed by atoms with Crippen molar-refractivity contribution in [1.82, 2.24) is 5.32 Å². The standard InChI is InChI=1S/C12H18FNO/c1-4-15-8-12(14-3)10-5-9(2)6-11(13)7-10/h5-7,12,14H,4,8H2,1-3H3. The van der Waals surface area contributed by atoms with Crippen LogP contribution < -0.4 is 5.32 Å². The van der Waals surface area contributed by atoms with E-state index in [2.05, 4.69) is 5.32 Å². The van der Waals surface area contributed by atoms with Crippen LogP contribution in [0.3, 0.4) is 0 Å². The topological polar surface area (TPSA) is 21.3 Å². The lowest BCUT2D eigenvalue weighted by atomic mass is 10.0. The third-order valence-corrected chi connectivity index (χ3v) is 2.30. The monoisotopic (exact) mass is 211 g/mol. The number of hydrogen-bond donors (Lipinski definition) is 1. The Hall–Kier alpha value is -0.930. The number of likely N-dealkylation sites (N-methyl/N-ethyl adjacent to an activating group) is 1. The molecule has 0 amide bonds. The first-order chi connectivity index (χ1) is 7.17. The van der Waals surface area contributed by atoms with E-state index in [0.717, 1.165) is 11.1 Å². The SMILES string of the molecule is CCOCC(NC)c1cc(C)cc(F)c1. The highest BCUT2D eigenvalue weighted by molar-refractivity contribution is 5.26. The molecule has 84 valence electrons. The van der Waals surface area contributed by atoms with Crippen molar-refractivity contribution in [2.24, 2.45) is 0 Å². The minimum atomic E-state index is -0.193. The number of nitrogens with one attached hydrogen (secondary N) is 1. The Morgan fingerprint density at radius 2 is 2.13 bits per heavy atom. The van der Waals surface area contributed by atoms with Crippen LogP contribution in [0.5, 0.6) is 0 Å². The maximum absolute atomic E-state index is 13.2. The van der Waals surface area contributed by atoms with Gasteiger partial charge in [0.1, 0.15) is 5.82 Å². The average molecular weight is 211 g/mol. The Bertz CT molecular complexity index is 294. The third-order valence-electron chi connectivity index (χ3n) is 2.30. The molecule has 0 spiro atoms. The summed E-state index contributed by atoms with van der Waals surface area (Å²) in [4.78, 5) is 0. The molecule has 3 heteroatoms. The van der Waals surface area contributed by atoms with Crippen LogP contribution in [0.4, 0.5) is 4.39 Å². The fraction of sp³-hybridized carbons (Fsp3) is 0.500. The third kappa shape index (κ3) is 3.61. The zero-order valence-electron chi connectivity index (χ0n) is 9.51. The van der Waals surface area contributed by atoms with Crippen molar-refractivity contribution in [3.8, 4) is 0 Å². The molecule has 0 aliphatic heterocycles. The van der Waals surface area contributed by atoms with Crippen molar-refractivity contribution >= 4 is 0 Å². The highest BCUT2D eigenvalue weighted by Crippen LogP contribution is 2.16. The molecule has 0 saturated heterocycles. The first kappa shape index (κ1) is 12.1. The average Bonchev–Trinajstić information content (AvgIpc) is 2.17. The first-order valence-corrected chi connectivity index (χ1v) is 5.19. The molecule has 0 radical (unpaired) electrons. The van der Waals surface area contributed by atoms with Gasteiger partial charge in [-0.05, 0) is 44.2 Å². The Kier molecular flexibility index (Phi) is 4.72. The van der Waals surface area contributed by atoms with Gasteiger partial charge >= 0.3 is 0 Å². The summed E-state index contributed by atoms with van der Waals surface area (Å²) >= 11 is 0. The van der Waals surface area contributed by atoms with Crippen LogP contribution in [0.1, 0.15) is 24.1 Å². The van der Waals surface area contributed by atoms with Gasteiger partial charge in [-0.15, -0.1) is 0 Å². The van der Waals surface area contributed by atoms with E-state index < -0.39 is 0 Å². The van der Waals surface area contributed by atoms with E-state index in [1.165, 1.54) is 6.07 Å². The molecule has 0 saturated carbocycles. The van der Waals surface area contributed by atoms with E-state index in [-0.39, 0.29) is 11.9 Å². The van der Waals surface area contributed by atoms with Gasteiger partial charge in [-0.2, -0.15) is 0 Å². The van der Waals surface area contributed by atoms with Gasteiger partial charge < -0.3 is 10.1 Å². The maximum atomic E-state index is 13.2. The van der Waals surface area contributed by atoms with Gasteiger partial charge in [-0.1, -0.05) is 6.07 Å². The van der Waals surface area contributed by atoms with E-state index >= 15 is 0 Å². The molecule has 1 rings (SSSR count). The summed E-state index contributed by atoms with van der Waals surface area (Å²) in [6, 6.07) is 5.10. The predicted molar refractivity (Wildman–Crippen MR) is 59.4 cm³/mol. The number of ether oxygens (including phenoxy) is 1. The fourth-order valence-corrected chi connectivity index (χ4v) is 1.55. The normalized spacial score (nSPS) is 12.8. The van der Waals surface area contributed by atoms with Crippen molar-refractivity contribution < 1.29 is 9.13 Å². The van der Waals surface area contributed by atoms with Gasteiger partial charge in [0, 0.05) is 6.61 Å². The van der Waals surface area contributed by atoms with Crippen LogP contribution in [-0.2, 0) is 4.74 Å². The zero-order valence-corrected chi connectivity index (χ0v) is 9.51. The highest BCUT2D eigenvalue weighted by atomic mass is 19.1. The highest BCUT2D eigenvalue weighted by Gasteiger charge is 2.10. The molecule has 0 heterocycles. The van der Waals surface area contributed by atoms with Gasteiger partial charge in [-0.25, -0.2) is 4.39 Å². The van der Waals surface area contributed by atoms with Gasteiger partial charge in [0.25, 0.3) is 0 Å². The number of hydrogen-bond acceptors (Lipinski definition) is 2. The Labute approximate surface area is 90.4 Å². The summed E-state index contributed by atoms with van der Waals surface area (Å²) in [6.45, 7) is 5.08. The number of aryl methyl sites for hydroxylation is 1. The summed E-state index contributed by atoms with van der Waals surface area (Å²) in [7, 11) is 1.85. The van der Waals surface area contributed by atoms with Crippen LogP contribution >= 0.6 is 0 Å². The molecule has 15 heavy (non-hydrogen) atoms. The molecule has 0 aromatic heterocycles. The number of halogens is 1. The molecule has 0 aliphatic carbocycles. The van der Waals surface area contributed by atoms with E-state index in [9.17, 15) is 4.39 Å². The smallest absolute Gasteiger partial charge is 0.123 e. The quantitative estimate of drug-likeness (QED) is 0.807. The van der Waals surface area contributed by atoms with Crippen LogP contribution in [0.15, 0.2) is 18.2 Å². The molecule has 0 fully saturated rings. The lowest BCUT2D eigenvalue weighted by Crippen LogP contribution is -2.22. The van der Waals surface area contributed by atoms with E-state index in [1.807, 2.05) is 27.0 Å². The molecule has 1 aromatic rings. The van der Waals surface area contributed by atoms with Crippen LogP contribution in [0.2, 0.25) is 0 Å². The van der Waals surface area contributed by atoms with Gasteiger partial charge in [0.05, 0.1) is 12.6 Å². The van der Waals surface area contributed by atoms with Gasteiger partial charge in [0.2, 0.25) is 0 Å². The Morgan fingerprint density at radius 1 is 1.40 bits per heavy atom. The number of benzene rings is 1. The summed E-state index contributed by atoms with van der Waals surface area (Å²) in [5, 5.41) is 3.12. The maximum Gasteiger partial charge on any atom is 0.123 e. The molecule has 1 unspecified atom stereocenters. The largest absolute Gasteiger partial charge is 0.380 e. The summed E-state index contributed by atoms with van der Waals surface area (Å²) in [5.41, 5.74) is 1.87. The van der Waals surface area contributed by atoms with Crippen molar-refractivity contribution in [1.29, 1.82) is 0 Å². The first-order valence-electron chi connectivity index (χ1n) is 5.19. The minimum absolute atomic E-state index is 0.0550. The van der Waals surface area contributed by atoms with Crippen molar-refractivity contribution in [2.45, 2.75) is 19.9 Å². The zero-order chi connectivity index (χ0) is 11.3. The van der Waals surface area contributed by atoms with Gasteiger partial charge in [-0.3, -0.25) is 0 Å². The fourth-order valence-electron chi connectivity index (χ4n) is 1.55. The van der Waals surface area contributed by atoms with E-state index in [1.54, 1.807) is 6.07 Å². The van der Waals surface area contributed by atoms with Crippen molar-refractivity contribution in [2.75, 3.05) is 20.3 Å². The summed E-state index contributed by atoms with van der Waals surface area (Å²) in [5.74, 6) is -0.193. The molecule has 2 nitrogen and oxygen atoms in total. The van der Waals surface area contributed by atoms with Gasteiger partial charge in [0.15, 0.2) is 0 Å². The predicted octanol–water partition coefficient (Wildman–Crippen LogP) is 2.43. The van der Waals surface area contributed by atoms with Crippen LogP contribution in [0, 0.1) is 12.7 Å². The Morgan fingerprint density at radius 3 is 2.67 bits per heavy atom. The van der Waals surface area contributed by atoms with Crippen molar-refractivity contribution in [3.63, 3.8) is 0 Å². The Balaban J connectivity index is 2.81. The lowest BCUT2D eigenvalue weighted by Gasteiger charge is -2.17. The number of rotatable bonds is 5. The van der Waals surface area contributed by atoms with E-state index in [0.29, 0.717) is 13.2 Å². The van der Waals surface area contributed by atoms with Crippen molar-refractivity contribution in [3.05, 3.63) is 35.1 Å². The van der Waals surface area contributed by atoms with Crippen LogP contribution in [-0.4, -0.2) is 20.3 Å². The molecule has 0 bridgehead atoms. The van der Waals surface area contributed by atoms with E-state index in [4.69, 9.17) is 4.74 Å². The second kappa shape index (κ2) is 5.83. The minimum Gasteiger partial charge on any atom is -0.380 e.